The van der Waals surface area contributed by atoms with Crippen molar-refractivity contribution in [3.8, 4) is 45.1 Å². The molecule has 0 bridgehead atoms. The Morgan fingerprint density at radius 1 is 0.943 bits per heavy atom. The van der Waals surface area contributed by atoms with Crippen LogP contribution in [0.2, 0.25) is 0 Å². The summed E-state index contributed by atoms with van der Waals surface area (Å²) in [5.41, 5.74) is 0.672. The summed E-state index contributed by atoms with van der Waals surface area (Å²) in [7, 11) is 0. The van der Waals surface area contributed by atoms with Gasteiger partial charge in [0.2, 0.25) is 0 Å². The van der Waals surface area contributed by atoms with Crippen molar-refractivity contribution in [2.75, 3.05) is 0 Å². The molecule has 180 valence electrons. The van der Waals surface area contributed by atoms with E-state index in [1.165, 1.54) is 24.3 Å². The number of carbonyl (C=O) groups is 1. The summed E-state index contributed by atoms with van der Waals surface area (Å²) in [6, 6.07) is 16.6. The zero-order chi connectivity index (χ0) is 25.3. The predicted octanol–water partition coefficient (Wildman–Crippen LogP) is 6.68. The molecule has 6 nitrogen and oxygen atoms in total. The van der Waals surface area contributed by atoms with E-state index in [4.69, 9.17) is 4.52 Å². The molecule has 9 heteroatoms. The van der Waals surface area contributed by atoms with Crippen LogP contribution in [0.15, 0.2) is 71.3 Å². The number of carboxylic acids is 1. The number of phenolic OH excluding ortho intramolecular Hbond substituents is 2. The molecule has 0 saturated heterocycles. The lowest BCUT2D eigenvalue weighted by atomic mass is 9.93. The summed E-state index contributed by atoms with van der Waals surface area (Å²) >= 11 is 0. The van der Waals surface area contributed by atoms with Crippen molar-refractivity contribution >= 4 is 5.97 Å². The first-order valence-electron chi connectivity index (χ1n) is 10.6. The van der Waals surface area contributed by atoms with E-state index in [9.17, 15) is 33.3 Å². The smallest absolute Gasteiger partial charge is 0.437 e. The topological polar surface area (TPSA) is 104 Å². The summed E-state index contributed by atoms with van der Waals surface area (Å²) in [5, 5.41) is 32.2. The molecule has 0 radical (unpaired) electrons. The summed E-state index contributed by atoms with van der Waals surface area (Å²) in [6.45, 7) is 1.79. The lowest BCUT2D eigenvalue weighted by molar-refractivity contribution is -0.142. The highest BCUT2D eigenvalue weighted by atomic mass is 19.4. The van der Waals surface area contributed by atoms with Crippen molar-refractivity contribution in [1.29, 1.82) is 0 Å². The van der Waals surface area contributed by atoms with Gasteiger partial charge in [-0.15, -0.1) is 0 Å². The van der Waals surface area contributed by atoms with Crippen molar-refractivity contribution in [2.45, 2.75) is 25.4 Å². The molecule has 0 fully saturated rings. The minimum Gasteiger partial charge on any atom is -0.508 e. The number of alkyl halides is 3. The van der Waals surface area contributed by atoms with Crippen LogP contribution in [0.4, 0.5) is 13.2 Å². The van der Waals surface area contributed by atoms with Crippen LogP contribution in [-0.2, 0) is 11.0 Å². The summed E-state index contributed by atoms with van der Waals surface area (Å²) < 4.78 is 46.1. The Balaban J connectivity index is 1.74. The number of nitrogens with zero attached hydrogens (tertiary/aromatic N) is 1. The minimum atomic E-state index is -4.81. The normalized spacial score (nSPS) is 12.5. The number of aromatic nitrogens is 1. The second kappa shape index (κ2) is 9.17. The van der Waals surface area contributed by atoms with Crippen molar-refractivity contribution in [1.82, 2.24) is 5.16 Å². The molecule has 0 spiro atoms. The molecule has 4 rings (SSSR count). The van der Waals surface area contributed by atoms with Crippen LogP contribution in [-0.4, -0.2) is 26.4 Å². The van der Waals surface area contributed by atoms with Gasteiger partial charge in [-0.1, -0.05) is 60.6 Å². The van der Waals surface area contributed by atoms with Crippen molar-refractivity contribution in [3.63, 3.8) is 0 Å². The van der Waals surface area contributed by atoms with E-state index >= 15 is 0 Å². The van der Waals surface area contributed by atoms with Crippen molar-refractivity contribution < 1.29 is 37.8 Å². The van der Waals surface area contributed by atoms with E-state index in [1.54, 1.807) is 43.3 Å². The third-order valence-corrected chi connectivity index (χ3v) is 5.71. The molecular weight excluding hydrogens is 463 g/mol. The van der Waals surface area contributed by atoms with Gasteiger partial charge >= 0.3 is 12.1 Å². The molecule has 0 saturated carbocycles. The second-order valence-electron chi connectivity index (χ2n) is 7.93. The summed E-state index contributed by atoms with van der Waals surface area (Å²) in [4.78, 5) is 11.4. The van der Waals surface area contributed by atoms with Gasteiger partial charge in [-0.2, -0.15) is 13.2 Å². The third-order valence-electron chi connectivity index (χ3n) is 5.71. The van der Waals surface area contributed by atoms with E-state index < -0.39 is 29.5 Å². The maximum atomic E-state index is 13.7. The van der Waals surface area contributed by atoms with Crippen LogP contribution >= 0.6 is 0 Å². The van der Waals surface area contributed by atoms with E-state index in [0.29, 0.717) is 17.5 Å². The fourth-order valence-electron chi connectivity index (χ4n) is 3.94. The number of halogens is 3. The lowest BCUT2D eigenvalue weighted by Gasteiger charge is -2.12. The number of hydrogen-bond acceptors (Lipinski definition) is 5. The van der Waals surface area contributed by atoms with E-state index in [-0.39, 0.29) is 28.2 Å². The monoisotopic (exact) mass is 483 g/mol. The zero-order valence-corrected chi connectivity index (χ0v) is 18.4. The molecule has 3 N–H and O–H groups in total. The number of aliphatic carboxylic acids is 1. The second-order valence-corrected chi connectivity index (χ2v) is 7.93. The summed E-state index contributed by atoms with van der Waals surface area (Å²) in [5.74, 6) is -2.53. The Hall–Kier alpha value is -4.27. The van der Waals surface area contributed by atoms with Crippen LogP contribution in [0, 0.1) is 0 Å². The van der Waals surface area contributed by atoms with Crippen molar-refractivity contribution in [2.24, 2.45) is 0 Å². The lowest BCUT2D eigenvalue weighted by Crippen LogP contribution is -2.10. The van der Waals surface area contributed by atoms with Gasteiger partial charge in [0.25, 0.3) is 0 Å². The van der Waals surface area contributed by atoms with E-state index in [2.05, 4.69) is 5.16 Å². The van der Waals surface area contributed by atoms with E-state index in [0.717, 1.165) is 11.6 Å². The number of carboxylic acid groups (broad SMARTS) is 1. The van der Waals surface area contributed by atoms with E-state index in [1.807, 2.05) is 0 Å². The maximum absolute atomic E-state index is 13.7. The highest BCUT2D eigenvalue weighted by Crippen LogP contribution is 2.45. The summed E-state index contributed by atoms with van der Waals surface area (Å²) in [6.07, 6.45) is -4.36. The van der Waals surface area contributed by atoms with Crippen LogP contribution in [0.5, 0.6) is 11.5 Å². The zero-order valence-electron chi connectivity index (χ0n) is 18.4. The first kappa shape index (κ1) is 23.9. The van der Waals surface area contributed by atoms with Crippen LogP contribution < -0.4 is 0 Å². The first-order chi connectivity index (χ1) is 16.6. The Morgan fingerprint density at radius 3 is 2.03 bits per heavy atom. The molecule has 1 aromatic heterocycles. The molecule has 0 aliphatic rings. The Bertz CT molecular complexity index is 1360. The number of rotatable bonds is 6. The van der Waals surface area contributed by atoms with Gasteiger partial charge < -0.3 is 19.8 Å². The van der Waals surface area contributed by atoms with Crippen molar-refractivity contribution in [3.05, 3.63) is 78.0 Å². The van der Waals surface area contributed by atoms with Gasteiger partial charge in [0, 0.05) is 6.07 Å². The molecular formula is C26H20F3NO5. The number of phenols is 2. The van der Waals surface area contributed by atoms with Crippen LogP contribution in [0.25, 0.3) is 33.6 Å². The van der Waals surface area contributed by atoms with Crippen LogP contribution in [0.3, 0.4) is 0 Å². The van der Waals surface area contributed by atoms with Gasteiger partial charge in [0.05, 0.1) is 17.0 Å². The average molecular weight is 483 g/mol. The van der Waals surface area contributed by atoms with Crippen LogP contribution in [0.1, 0.15) is 30.5 Å². The number of hydrogen-bond donors (Lipinski definition) is 3. The van der Waals surface area contributed by atoms with Gasteiger partial charge in [0.1, 0.15) is 11.5 Å². The fourth-order valence-corrected chi connectivity index (χ4v) is 3.94. The quantitative estimate of drug-likeness (QED) is 0.283. The first-order valence-corrected chi connectivity index (χ1v) is 10.6. The molecule has 0 aliphatic carbocycles. The Morgan fingerprint density at radius 2 is 1.51 bits per heavy atom. The Kier molecular flexibility index (Phi) is 6.26. The van der Waals surface area contributed by atoms with Gasteiger partial charge in [-0.05, 0) is 40.8 Å². The highest BCUT2D eigenvalue weighted by molar-refractivity contribution is 5.85. The number of aromatic hydroxyl groups is 2. The largest absolute Gasteiger partial charge is 0.508 e. The molecule has 1 unspecified atom stereocenters. The molecule has 1 heterocycles. The molecule has 4 aromatic rings. The third kappa shape index (κ3) is 4.70. The number of benzene rings is 3. The minimum absolute atomic E-state index is 0.0515. The fraction of sp³-hybridized carbons (Fsp3) is 0.154. The molecule has 35 heavy (non-hydrogen) atoms. The molecule has 1 atom stereocenters. The highest BCUT2D eigenvalue weighted by Gasteiger charge is 2.40. The standard InChI is InChI=1S/C26H20F3NO5/c1-2-19(25(33)34)16-7-3-14(4-8-16)15-5-9-17(10-6-15)22-23(35-30-24(22)26(27,28)29)20-12-11-18(31)13-21(20)32/h3-13,19,31-32H,2H2,1H3,(H,33,34). The predicted molar refractivity (Wildman–Crippen MR) is 122 cm³/mol. The van der Waals surface area contributed by atoms with Gasteiger partial charge in [0.15, 0.2) is 11.5 Å². The molecule has 3 aromatic carbocycles. The molecule has 0 amide bonds. The molecule has 0 aliphatic heterocycles. The van der Waals surface area contributed by atoms with Gasteiger partial charge in [-0.3, -0.25) is 4.79 Å². The maximum Gasteiger partial charge on any atom is 0.437 e. The SMILES string of the molecule is CCC(C(=O)O)c1ccc(-c2ccc(-c3c(C(F)(F)F)noc3-c3ccc(O)cc3O)cc2)cc1. The average Bonchev–Trinajstić information content (AvgIpc) is 3.25. The van der Waals surface area contributed by atoms with Gasteiger partial charge in [-0.25, -0.2) is 0 Å². The Labute approximate surface area is 197 Å².